The van der Waals surface area contributed by atoms with Crippen LogP contribution in [0, 0.1) is 6.92 Å². The van der Waals surface area contributed by atoms with Crippen molar-refractivity contribution in [2.24, 2.45) is 0 Å². The molecule has 7 nitrogen and oxygen atoms in total. The molecular weight excluding hydrogens is 390 g/mol. The van der Waals surface area contributed by atoms with Gasteiger partial charge in [-0.05, 0) is 36.8 Å². The van der Waals surface area contributed by atoms with Crippen molar-refractivity contribution in [2.75, 3.05) is 39.4 Å². The molecule has 1 aliphatic heterocycles. The second kappa shape index (κ2) is 9.98. The molecule has 0 unspecified atom stereocenters. The van der Waals surface area contributed by atoms with E-state index in [2.05, 4.69) is 10.0 Å². The van der Waals surface area contributed by atoms with Gasteiger partial charge in [-0.15, -0.1) is 0 Å². The van der Waals surface area contributed by atoms with Gasteiger partial charge in [0.1, 0.15) is 13.1 Å². The lowest BCUT2D eigenvalue weighted by atomic mass is 10.1. The molecule has 1 aliphatic rings. The van der Waals surface area contributed by atoms with Gasteiger partial charge in [-0.1, -0.05) is 29.8 Å². The summed E-state index contributed by atoms with van der Waals surface area (Å²) in [7, 11) is -3.56. The molecule has 2 aromatic rings. The first kappa shape index (κ1) is 21.4. The average molecular weight is 419 g/mol. The third kappa shape index (κ3) is 6.37. The molecule has 0 bridgehead atoms. The largest absolute Gasteiger partial charge is 0.370 e. The fraction of sp³-hybridized carbons (Fsp3) is 0.381. The first-order valence-electron chi connectivity index (χ1n) is 9.79. The zero-order chi connectivity index (χ0) is 20.7. The monoisotopic (exact) mass is 418 g/mol. The summed E-state index contributed by atoms with van der Waals surface area (Å²) in [5, 5.41) is 2.94. The SMILES string of the molecule is Cc1ccc(S(=O)(=O)NCc2ccc(C(=O)NCC[NH+]3CCOCC3)cc2)cc1. The van der Waals surface area contributed by atoms with Crippen LogP contribution in [-0.2, 0) is 21.3 Å². The number of carbonyl (C=O) groups is 1. The molecule has 1 amide bonds. The van der Waals surface area contributed by atoms with Crippen molar-refractivity contribution in [1.82, 2.24) is 10.0 Å². The molecule has 2 aromatic carbocycles. The van der Waals surface area contributed by atoms with Crippen molar-refractivity contribution in [1.29, 1.82) is 0 Å². The van der Waals surface area contributed by atoms with E-state index < -0.39 is 10.0 Å². The Bertz CT molecular complexity index is 906. The van der Waals surface area contributed by atoms with Gasteiger partial charge in [0.25, 0.3) is 5.91 Å². The van der Waals surface area contributed by atoms with Crippen molar-refractivity contribution >= 4 is 15.9 Å². The van der Waals surface area contributed by atoms with E-state index in [1.54, 1.807) is 48.5 Å². The number of quaternary nitrogens is 1. The molecular formula is C21H28N3O4S+. The second-order valence-corrected chi connectivity index (χ2v) is 8.97. The minimum atomic E-state index is -3.56. The maximum atomic E-state index is 12.4. The van der Waals surface area contributed by atoms with Crippen LogP contribution in [-0.4, -0.2) is 53.7 Å². The van der Waals surface area contributed by atoms with Gasteiger partial charge in [0.15, 0.2) is 0 Å². The van der Waals surface area contributed by atoms with E-state index in [0.29, 0.717) is 12.1 Å². The molecule has 0 saturated carbocycles. The molecule has 0 spiro atoms. The third-order valence-corrected chi connectivity index (χ3v) is 6.39. The molecule has 1 saturated heterocycles. The lowest BCUT2D eigenvalue weighted by Crippen LogP contribution is -3.14. The van der Waals surface area contributed by atoms with Crippen LogP contribution >= 0.6 is 0 Å². The highest BCUT2D eigenvalue weighted by Crippen LogP contribution is 2.11. The first-order valence-corrected chi connectivity index (χ1v) is 11.3. The second-order valence-electron chi connectivity index (χ2n) is 7.20. The van der Waals surface area contributed by atoms with Crippen LogP contribution < -0.4 is 14.9 Å². The fourth-order valence-electron chi connectivity index (χ4n) is 3.12. The topological polar surface area (TPSA) is 88.9 Å². The lowest BCUT2D eigenvalue weighted by Gasteiger charge is -2.23. The fourth-order valence-corrected chi connectivity index (χ4v) is 4.14. The van der Waals surface area contributed by atoms with Crippen LogP contribution in [0.25, 0.3) is 0 Å². The smallest absolute Gasteiger partial charge is 0.251 e. The molecule has 1 heterocycles. The van der Waals surface area contributed by atoms with E-state index in [4.69, 9.17) is 4.74 Å². The normalized spacial score (nSPS) is 15.2. The Balaban J connectivity index is 1.47. The Morgan fingerprint density at radius 2 is 1.69 bits per heavy atom. The highest BCUT2D eigenvalue weighted by Gasteiger charge is 2.15. The van der Waals surface area contributed by atoms with Gasteiger partial charge in [0.05, 0.1) is 31.2 Å². The number of benzene rings is 2. The van der Waals surface area contributed by atoms with E-state index in [0.717, 1.165) is 44.0 Å². The van der Waals surface area contributed by atoms with E-state index in [1.165, 1.54) is 4.90 Å². The van der Waals surface area contributed by atoms with Gasteiger partial charge in [-0.25, -0.2) is 13.1 Å². The summed E-state index contributed by atoms with van der Waals surface area (Å²) in [6, 6.07) is 13.7. The van der Waals surface area contributed by atoms with Gasteiger partial charge >= 0.3 is 0 Å². The molecule has 29 heavy (non-hydrogen) atoms. The Morgan fingerprint density at radius 3 is 2.34 bits per heavy atom. The number of amides is 1. The molecule has 0 aliphatic carbocycles. The maximum Gasteiger partial charge on any atom is 0.251 e. The van der Waals surface area contributed by atoms with Crippen molar-refractivity contribution in [3.63, 3.8) is 0 Å². The Morgan fingerprint density at radius 1 is 1.03 bits per heavy atom. The number of rotatable bonds is 8. The summed E-state index contributed by atoms with van der Waals surface area (Å²) in [6.07, 6.45) is 0. The Labute approximate surface area is 172 Å². The van der Waals surface area contributed by atoms with E-state index in [9.17, 15) is 13.2 Å². The predicted octanol–water partition coefficient (Wildman–Crippen LogP) is 0.118. The van der Waals surface area contributed by atoms with Crippen LogP contribution in [0.15, 0.2) is 53.4 Å². The van der Waals surface area contributed by atoms with E-state index in [-0.39, 0.29) is 17.3 Å². The van der Waals surface area contributed by atoms with Crippen LogP contribution in [0.4, 0.5) is 0 Å². The number of aryl methyl sites for hydroxylation is 1. The molecule has 3 N–H and O–H groups in total. The van der Waals surface area contributed by atoms with Gasteiger partial charge in [0, 0.05) is 12.1 Å². The summed E-state index contributed by atoms with van der Waals surface area (Å²) >= 11 is 0. The minimum Gasteiger partial charge on any atom is -0.370 e. The minimum absolute atomic E-state index is 0.121. The zero-order valence-electron chi connectivity index (χ0n) is 16.6. The number of hydrogen-bond acceptors (Lipinski definition) is 4. The van der Waals surface area contributed by atoms with Crippen LogP contribution in [0.5, 0.6) is 0 Å². The van der Waals surface area contributed by atoms with Crippen LogP contribution in [0.1, 0.15) is 21.5 Å². The van der Waals surface area contributed by atoms with Crippen LogP contribution in [0.3, 0.4) is 0 Å². The molecule has 0 aromatic heterocycles. The number of ether oxygens (including phenoxy) is 1. The van der Waals surface area contributed by atoms with Crippen molar-refractivity contribution in [2.45, 2.75) is 18.4 Å². The van der Waals surface area contributed by atoms with Crippen molar-refractivity contribution in [3.8, 4) is 0 Å². The van der Waals surface area contributed by atoms with Gasteiger partial charge < -0.3 is 15.0 Å². The van der Waals surface area contributed by atoms with Gasteiger partial charge in [-0.2, -0.15) is 0 Å². The third-order valence-electron chi connectivity index (χ3n) is 4.98. The Kier molecular flexibility index (Phi) is 7.38. The van der Waals surface area contributed by atoms with Crippen molar-refractivity contribution in [3.05, 3.63) is 65.2 Å². The maximum absolute atomic E-state index is 12.4. The highest BCUT2D eigenvalue weighted by atomic mass is 32.2. The number of nitrogens with one attached hydrogen (secondary N) is 3. The average Bonchev–Trinajstić information content (AvgIpc) is 2.74. The molecule has 8 heteroatoms. The summed E-state index contributed by atoms with van der Waals surface area (Å²) in [6.45, 7) is 7.08. The standard InChI is InChI=1S/C21H27N3O4S/c1-17-2-8-20(9-3-17)29(26,27)23-16-18-4-6-19(7-5-18)21(25)22-10-11-24-12-14-28-15-13-24/h2-9,23H,10-16H2,1H3,(H,22,25)/p+1. The molecule has 0 atom stereocenters. The van der Waals surface area contributed by atoms with Gasteiger partial charge in [-0.3, -0.25) is 4.79 Å². The van der Waals surface area contributed by atoms with E-state index in [1.807, 2.05) is 6.92 Å². The number of carbonyl (C=O) groups excluding carboxylic acids is 1. The predicted molar refractivity (Wildman–Crippen MR) is 110 cm³/mol. The summed E-state index contributed by atoms with van der Waals surface area (Å²) < 4.78 is 32.6. The van der Waals surface area contributed by atoms with E-state index >= 15 is 0 Å². The number of sulfonamides is 1. The Hall–Kier alpha value is -2.26. The number of hydrogen-bond donors (Lipinski definition) is 3. The molecule has 0 radical (unpaired) electrons. The van der Waals surface area contributed by atoms with Crippen molar-refractivity contribution < 1.29 is 22.8 Å². The summed E-state index contributed by atoms with van der Waals surface area (Å²) in [5.74, 6) is -0.121. The van der Waals surface area contributed by atoms with Gasteiger partial charge in [0.2, 0.25) is 10.0 Å². The first-order chi connectivity index (χ1) is 13.9. The highest BCUT2D eigenvalue weighted by molar-refractivity contribution is 7.89. The molecule has 156 valence electrons. The van der Waals surface area contributed by atoms with Crippen LogP contribution in [0.2, 0.25) is 0 Å². The zero-order valence-corrected chi connectivity index (χ0v) is 17.4. The summed E-state index contributed by atoms with van der Waals surface area (Å²) in [5.41, 5.74) is 2.35. The lowest BCUT2D eigenvalue weighted by molar-refractivity contribution is -0.906. The quantitative estimate of drug-likeness (QED) is 0.568. The summed E-state index contributed by atoms with van der Waals surface area (Å²) in [4.78, 5) is 13.9. The number of morpholine rings is 1. The molecule has 3 rings (SSSR count). The molecule has 1 fully saturated rings.